The number of carbonyl (C=O) groups excluding carboxylic acids is 3. The number of ether oxygens (including phenoxy) is 1. The van der Waals surface area contributed by atoms with E-state index in [0.29, 0.717) is 12.0 Å². The van der Waals surface area contributed by atoms with E-state index in [2.05, 4.69) is 26.6 Å². The fourth-order valence-corrected chi connectivity index (χ4v) is 3.10. The first-order valence-corrected chi connectivity index (χ1v) is 10.9. The SMILES string of the molecule is CCOC(=O)[C@@H](CC(C)C)NC(=O)/C(=C\c1ccc(Br)cc1)NC(=O)c1ccccc1. The summed E-state index contributed by atoms with van der Waals surface area (Å²) in [5.74, 6) is -1.32. The van der Waals surface area contributed by atoms with Crippen LogP contribution in [0.4, 0.5) is 0 Å². The molecular formula is C24H27BrN2O4. The van der Waals surface area contributed by atoms with Crippen molar-refractivity contribution in [3.63, 3.8) is 0 Å². The molecule has 0 aliphatic carbocycles. The standard InChI is InChI=1S/C24H27BrN2O4/c1-4-31-24(30)21(14-16(2)3)27-23(29)20(15-17-10-12-19(25)13-11-17)26-22(28)18-8-6-5-7-9-18/h5-13,15-16,21H,4,14H2,1-3H3,(H,26,28)(H,27,29)/b20-15+/t21-/m1/s1. The summed E-state index contributed by atoms with van der Waals surface area (Å²) in [4.78, 5) is 38.1. The largest absolute Gasteiger partial charge is 0.464 e. The molecule has 2 amide bonds. The summed E-state index contributed by atoms with van der Waals surface area (Å²) in [6, 6.07) is 15.1. The Bertz CT molecular complexity index is 924. The maximum Gasteiger partial charge on any atom is 0.328 e. The predicted octanol–water partition coefficient (Wildman–Crippen LogP) is 4.31. The van der Waals surface area contributed by atoms with Crippen LogP contribution in [0.25, 0.3) is 6.08 Å². The van der Waals surface area contributed by atoms with E-state index in [1.807, 2.05) is 38.1 Å². The lowest BCUT2D eigenvalue weighted by Crippen LogP contribution is -2.45. The van der Waals surface area contributed by atoms with Crippen LogP contribution >= 0.6 is 15.9 Å². The number of hydrogen-bond acceptors (Lipinski definition) is 4. The van der Waals surface area contributed by atoms with Gasteiger partial charge < -0.3 is 15.4 Å². The number of rotatable bonds is 9. The van der Waals surface area contributed by atoms with Crippen LogP contribution in [0.15, 0.2) is 64.8 Å². The predicted molar refractivity (Wildman–Crippen MR) is 124 cm³/mol. The second-order valence-corrected chi connectivity index (χ2v) is 8.25. The van der Waals surface area contributed by atoms with Crippen LogP contribution in [0, 0.1) is 5.92 Å². The van der Waals surface area contributed by atoms with E-state index in [0.717, 1.165) is 10.0 Å². The highest BCUT2D eigenvalue weighted by Crippen LogP contribution is 2.14. The van der Waals surface area contributed by atoms with Gasteiger partial charge in [0.2, 0.25) is 0 Å². The number of benzene rings is 2. The van der Waals surface area contributed by atoms with Crippen LogP contribution in [0.2, 0.25) is 0 Å². The summed E-state index contributed by atoms with van der Waals surface area (Å²) in [7, 11) is 0. The number of halogens is 1. The van der Waals surface area contributed by atoms with Gasteiger partial charge in [-0.3, -0.25) is 9.59 Å². The summed E-state index contributed by atoms with van der Waals surface area (Å²) >= 11 is 3.38. The molecule has 0 saturated heterocycles. The van der Waals surface area contributed by atoms with Crippen molar-refractivity contribution in [2.75, 3.05) is 6.61 Å². The molecule has 0 aromatic heterocycles. The Morgan fingerprint density at radius 3 is 2.26 bits per heavy atom. The molecule has 0 radical (unpaired) electrons. The minimum Gasteiger partial charge on any atom is -0.464 e. The van der Waals surface area contributed by atoms with Gasteiger partial charge in [0.15, 0.2) is 0 Å². The van der Waals surface area contributed by atoms with Crippen molar-refractivity contribution in [3.05, 3.63) is 75.9 Å². The molecule has 0 unspecified atom stereocenters. The second-order valence-electron chi connectivity index (χ2n) is 7.34. The molecule has 0 aliphatic heterocycles. The number of nitrogens with one attached hydrogen (secondary N) is 2. The van der Waals surface area contributed by atoms with Gasteiger partial charge in [0, 0.05) is 10.0 Å². The van der Waals surface area contributed by atoms with E-state index in [4.69, 9.17) is 4.74 Å². The maximum atomic E-state index is 13.1. The summed E-state index contributed by atoms with van der Waals surface area (Å²) in [6.07, 6.45) is 1.99. The Hall–Kier alpha value is -2.93. The molecule has 7 heteroatoms. The Kier molecular flexibility index (Phi) is 9.46. The average molecular weight is 487 g/mol. The molecule has 0 saturated carbocycles. The molecular weight excluding hydrogens is 460 g/mol. The molecule has 1 atom stereocenters. The molecule has 2 N–H and O–H groups in total. The van der Waals surface area contributed by atoms with Gasteiger partial charge in [0.1, 0.15) is 11.7 Å². The van der Waals surface area contributed by atoms with E-state index < -0.39 is 23.8 Å². The molecule has 0 aliphatic rings. The van der Waals surface area contributed by atoms with Gasteiger partial charge in [-0.1, -0.05) is 60.1 Å². The van der Waals surface area contributed by atoms with Crippen LogP contribution < -0.4 is 10.6 Å². The zero-order chi connectivity index (χ0) is 22.8. The number of esters is 1. The third-order valence-electron chi connectivity index (χ3n) is 4.29. The summed E-state index contributed by atoms with van der Waals surface area (Å²) in [5, 5.41) is 5.39. The number of amides is 2. The number of carbonyl (C=O) groups is 3. The van der Waals surface area contributed by atoms with Crippen LogP contribution in [-0.2, 0) is 14.3 Å². The Morgan fingerprint density at radius 1 is 1.03 bits per heavy atom. The third-order valence-corrected chi connectivity index (χ3v) is 4.82. The Labute approximate surface area is 191 Å². The first-order chi connectivity index (χ1) is 14.8. The molecule has 0 heterocycles. The smallest absolute Gasteiger partial charge is 0.328 e. The zero-order valence-electron chi connectivity index (χ0n) is 17.9. The van der Waals surface area contributed by atoms with Gasteiger partial charge >= 0.3 is 5.97 Å². The quantitative estimate of drug-likeness (QED) is 0.408. The first-order valence-electron chi connectivity index (χ1n) is 10.1. The highest BCUT2D eigenvalue weighted by molar-refractivity contribution is 9.10. The first kappa shape index (κ1) is 24.3. The number of hydrogen-bond donors (Lipinski definition) is 2. The van der Waals surface area contributed by atoms with Crippen LogP contribution in [0.5, 0.6) is 0 Å². The van der Waals surface area contributed by atoms with Crippen molar-refractivity contribution in [3.8, 4) is 0 Å². The molecule has 31 heavy (non-hydrogen) atoms. The van der Waals surface area contributed by atoms with Gasteiger partial charge in [0.25, 0.3) is 11.8 Å². The lowest BCUT2D eigenvalue weighted by atomic mass is 10.0. The Morgan fingerprint density at radius 2 is 1.68 bits per heavy atom. The van der Waals surface area contributed by atoms with Crippen LogP contribution in [0.3, 0.4) is 0 Å². The van der Waals surface area contributed by atoms with Gasteiger partial charge in [-0.15, -0.1) is 0 Å². The van der Waals surface area contributed by atoms with E-state index in [-0.39, 0.29) is 18.2 Å². The van der Waals surface area contributed by atoms with Crippen LogP contribution in [0.1, 0.15) is 43.1 Å². The normalized spacial score (nSPS) is 12.2. The van der Waals surface area contributed by atoms with Gasteiger partial charge in [-0.25, -0.2) is 4.79 Å². The summed E-state index contributed by atoms with van der Waals surface area (Å²) < 4.78 is 5.99. The molecule has 164 valence electrons. The van der Waals surface area contributed by atoms with Gasteiger partial charge in [0.05, 0.1) is 6.61 Å². The fraction of sp³-hybridized carbons (Fsp3) is 0.292. The molecule has 2 rings (SSSR count). The van der Waals surface area contributed by atoms with Crippen molar-refractivity contribution in [1.29, 1.82) is 0 Å². The van der Waals surface area contributed by atoms with Crippen molar-refractivity contribution < 1.29 is 19.1 Å². The summed E-state index contributed by atoms with van der Waals surface area (Å²) in [6.45, 7) is 5.84. The minimum atomic E-state index is -0.811. The van der Waals surface area contributed by atoms with E-state index in [1.54, 1.807) is 43.3 Å². The highest BCUT2D eigenvalue weighted by Gasteiger charge is 2.25. The van der Waals surface area contributed by atoms with E-state index in [9.17, 15) is 14.4 Å². The van der Waals surface area contributed by atoms with Gasteiger partial charge in [-0.2, -0.15) is 0 Å². The molecule has 2 aromatic rings. The average Bonchev–Trinajstić information content (AvgIpc) is 2.74. The van der Waals surface area contributed by atoms with Gasteiger partial charge in [-0.05, 0) is 55.2 Å². The molecule has 0 fully saturated rings. The zero-order valence-corrected chi connectivity index (χ0v) is 19.4. The molecule has 0 spiro atoms. The lowest BCUT2D eigenvalue weighted by Gasteiger charge is -2.20. The topological polar surface area (TPSA) is 84.5 Å². The monoisotopic (exact) mass is 486 g/mol. The fourth-order valence-electron chi connectivity index (χ4n) is 2.83. The summed E-state index contributed by atoms with van der Waals surface area (Å²) in [5.41, 5.74) is 1.17. The van der Waals surface area contributed by atoms with Crippen molar-refractivity contribution >= 4 is 39.8 Å². The highest BCUT2D eigenvalue weighted by atomic mass is 79.9. The third kappa shape index (κ3) is 8.02. The minimum absolute atomic E-state index is 0.0363. The van der Waals surface area contributed by atoms with E-state index >= 15 is 0 Å². The van der Waals surface area contributed by atoms with Crippen molar-refractivity contribution in [2.45, 2.75) is 33.2 Å². The van der Waals surface area contributed by atoms with Crippen molar-refractivity contribution in [1.82, 2.24) is 10.6 Å². The molecule has 2 aromatic carbocycles. The lowest BCUT2D eigenvalue weighted by molar-refractivity contribution is -0.147. The maximum absolute atomic E-state index is 13.1. The Balaban J connectivity index is 2.31. The van der Waals surface area contributed by atoms with E-state index in [1.165, 1.54) is 0 Å². The molecule has 6 nitrogen and oxygen atoms in total. The molecule has 0 bridgehead atoms. The van der Waals surface area contributed by atoms with Crippen molar-refractivity contribution in [2.24, 2.45) is 5.92 Å². The second kappa shape index (κ2) is 12.1. The van der Waals surface area contributed by atoms with Crippen LogP contribution in [-0.4, -0.2) is 30.4 Å².